The SMILES string of the molecule is CC(C)[C@H](NC(=O)[C@H](CCCN=C(N)N)NCC(=O)Oc1ccccc1)C(=O)N[C@@H](CCCN=C(N)N)C(=O)Nc1ccc(C(=N)N)cc1. The average molecular weight is 681 g/mol. The third-order valence-electron chi connectivity index (χ3n) is 7.02. The minimum atomic E-state index is -1.05. The number of hydrogen-bond acceptors (Lipinski definition) is 9. The molecule has 0 unspecified atom stereocenters. The third-order valence-corrected chi connectivity index (χ3v) is 7.02. The molecule has 0 aromatic heterocycles. The number of amidine groups is 1. The van der Waals surface area contributed by atoms with E-state index in [-0.39, 0.29) is 50.2 Å². The van der Waals surface area contributed by atoms with Crippen LogP contribution >= 0.6 is 0 Å². The van der Waals surface area contributed by atoms with Gasteiger partial charge in [0.2, 0.25) is 17.7 Å². The molecule has 17 nitrogen and oxygen atoms in total. The van der Waals surface area contributed by atoms with Gasteiger partial charge in [0.25, 0.3) is 0 Å². The molecule has 15 N–H and O–H groups in total. The Morgan fingerprint density at radius 3 is 1.86 bits per heavy atom. The molecule has 2 aromatic rings. The Bertz CT molecular complexity index is 1460. The number of para-hydroxylation sites is 1. The van der Waals surface area contributed by atoms with Crippen molar-refractivity contribution in [3.05, 3.63) is 60.2 Å². The summed E-state index contributed by atoms with van der Waals surface area (Å²) in [5.41, 5.74) is 28.1. The van der Waals surface area contributed by atoms with Crippen molar-refractivity contribution in [2.75, 3.05) is 25.0 Å². The number of hydrogen-bond donors (Lipinski definition) is 10. The molecule has 0 spiro atoms. The van der Waals surface area contributed by atoms with E-state index in [1.165, 1.54) is 0 Å². The first-order chi connectivity index (χ1) is 23.3. The molecule has 0 fully saturated rings. The van der Waals surface area contributed by atoms with Gasteiger partial charge >= 0.3 is 5.97 Å². The van der Waals surface area contributed by atoms with Gasteiger partial charge in [-0.2, -0.15) is 0 Å². The quantitative estimate of drug-likeness (QED) is 0.0271. The van der Waals surface area contributed by atoms with Crippen molar-refractivity contribution in [1.82, 2.24) is 16.0 Å². The molecule has 2 rings (SSSR count). The number of nitrogens with zero attached hydrogens (tertiary/aromatic N) is 2. The predicted molar refractivity (Wildman–Crippen MR) is 188 cm³/mol. The highest BCUT2D eigenvalue weighted by Crippen LogP contribution is 2.13. The lowest BCUT2D eigenvalue weighted by molar-refractivity contribution is -0.134. The van der Waals surface area contributed by atoms with Crippen molar-refractivity contribution in [1.29, 1.82) is 5.41 Å². The summed E-state index contributed by atoms with van der Waals surface area (Å²) in [4.78, 5) is 60.9. The summed E-state index contributed by atoms with van der Waals surface area (Å²) in [5, 5.41) is 18.7. The number of rotatable bonds is 20. The van der Waals surface area contributed by atoms with Crippen molar-refractivity contribution in [2.24, 2.45) is 44.6 Å². The van der Waals surface area contributed by atoms with Crippen LogP contribution in [-0.4, -0.2) is 79.2 Å². The fourth-order valence-electron chi connectivity index (χ4n) is 4.48. The number of ether oxygens (including phenoxy) is 1. The number of amides is 3. The molecule has 0 heterocycles. The molecule has 0 aliphatic heterocycles. The van der Waals surface area contributed by atoms with Crippen LogP contribution in [0, 0.1) is 11.3 Å². The molecule has 3 atom stereocenters. The summed E-state index contributed by atoms with van der Waals surface area (Å²) in [6.07, 6.45) is 1.16. The summed E-state index contributed by atoms with van der Waals surface area (Å²) < 4.78 is 5.31. The van der Waals surface area contributed by atoms with Crippen molar-refractivity contribution >= 4 is 47.1 Å². The van der Waals surface area contributed by atoms with Gasteiger partial charge in [-0.25, -0.2) is 0 Å². The fraction of sp³-hybridized carbons (Fsp3) is 0.406. The second-order valence-electron chi connectivity index (χ2n) is 11.4. The summed E-state index contributed by atoms with van der Waals surface area (Å²) in [6, 6.07) is 11.8. The first-order valence-corrected chi connectivity index (χ1v) is 15.7. The Morgan fingerprint density at radius 1 is 0.755 bits per heavy atom. The lowest BCUT2D eigenvalue weighted by atomic mass is 10.0. The zero-order valence-corrected chi connectivity index (χ0v) is 27.8. The summed E-state index contributed by atoms with van der Waals surface area (Å²) in [5.74, 6) is -2.64. The standard InChI is InChI=1S/C32H48N12O5/c1-19(2)26(44-28(46)23(10-6-16-39-31(35)36)41-18-25(45)49-22-8-4-3-5-9-22)30(48)43-24(11-7-17-40-32(37)38)29(47)42-21-14-12-20(13-15-21)27(33)34/h3-5,8-9,12-15,19,23-24,26,41H,6-7,10-11,16-18H2,1-2H3,(H3,33,34)(H,42,47)(H,43,48)(H,44,46)(H4,35,36,39)(H4,37,38,40)/t23-,24-,26-/m0/s1. The van der Waals surface area contributed by atoms with Crippen LogP contribution in [0.4, 0.5) is 5.69 Å². The minimum absolute atomic E-state index is 0.0955. The molecule has 0 radical (unpaired) electrons. The van der Waals surface area contributed by atoms with E-state index in [9.17, 15) is 19.2 Å². The van der Waals surface area contributed by atoms with Gasteiger partial charge in [0.1, 0.15) is 23.7 Å². The second-order valence-corrected chi connectivity index (χ2v) is 11.4. The molecule has 17 heteroatoms. The fourth-order valence-corrected chi connectivity index (χ4v) is 4.48. The highest BCUT2D eigenvalue weighted by atomic mass is 16.5. The number of carbonyl (C=O) groups is 4. The molecule has 49 heavy (non-hydrogen) atoms. The Morgan fingerprint density at radius 2 is 1.33 bits per heavy atom. The lowest BCUT2D eigenvalue weighted by Crippen LogP contribution is -2.57. The maximum atomic E-state index is 13.6. The van der Waals surface area contributed by atoms with Crippen LogP contribution < -0.4 is 54.7 Å². The van der Waals surface area contributed by atoms with Gasteiger partial charge in [-0.15, -0.1) is 0 Å². The van der Waals surface area contributed by atoms with E-state index in [1.54, 1.807) is 68.4 Å². The number of guanidine groups is 2. The summed E-state index contributed by atoms with van der Waals surface area (Å²) in [6.45, 7) is 3.66. The monoisotopic (exact) mass is 680 g/mol. The molecule has 2 aromatic carbocycles. The van der Waals surface area contributed by atoms with Crippen LogP contribution in [0.25, 0.3) is 0 Å². The molecule has 0 aliphatic carbocycles. The Labute approximate surface area is 285 Å². The van der Waals surface area contributed by atoms with E-state index in [1.807, 2.05) is 0 Å². The van der Waals surface area contributed by atoms with Crippen LogP contribution in [0.3, 0.4) is 0 Å². The van der Waals surface area contributed by atoms with Gasteiger partial charge in [-0.3, -0.25) is 39.9 Å². The van der Waals surface area contributed by atoms with E-state index in [2.05, 4.69) is 31.3 Å². The third kappa shape index (κ3) is 15.2. The van der Waals surface area contributed by atoms with Gasteiger partial charge in [0, 0.05) is 24.3 Å². The minimum Gasteiger partial charge on any atom is -0.426 e. The van der Waals surface area contributed by atoms with E-state index >= 15 is 0 Å². The van der Waals surface area contributed by atoms with Crippen molar-refractivity contribution in [2.45, 2.75) is 57.7 Å². The highest BCUT2D eigenvalue weighted by molar-refractivity contribution is 5.99. The maximum absolute atomic E-state index is 13.6. The summed E-state index contributed by atoms with van der Waals surface area (Å²) >= 11 is 0. The zero-order chi connectivity index (χ0) is 36.3. The number of nitrogen functional groups attached to an aromatic ring is 1. The van der Waals surface area contributed by atoms with Crippen LogP contribution in [0.5, 0.6) is 5.75 Å². The van der Waals surface area contributed by atoms with E-state index < -0.39 is 47.7 Å². The van der Waals surface area contributed by atoms with Crippen LogP contribution in [0.2, 0.25) is 0 Å². The second kappa shape index (κ2) is 20.5. The molecule has 266 valence electrons. The molecule has 0 saturated heterocycles. The number of aliphatic imine (C=N–C) groups is 2. The number of anilines is 1. The van der Waals surface area contributed by atoms with E-state index in [0.717, 1.165) is 0 Å². The highest BCUT2D eigenvalue weighted by Gasteiger charge is 2.31. The number of esters is 1. The van der Waals surface area contributed by atoms with Crippen molar-refractivity contribution < 1.29 is 23.9 Å². The predicted octanol–water partition coefficient (Wildman–Crippen LogP) is -0.794. The molecule has 0 bridgehead atoms. The first-order valence-electron chi connectivity index (χ1n) is 15.7. The number of nitrogens with two attached hydrogens (primary N) is 5. The lowest BCUT2D eigenvalue weighted by Gasteiger charge is -2.27. The Balaban J connectivity index is 2.17. The molecule has 0 aliphatic rings. The molecular weight excluding hydrogens is 632 g/mol. The smallest absolute Gasteiger partial charge is 0.325 e. The first kappa shape index (κ1) is 39.5. The number of nitrogens with one attached hydrogen (secondary N) is 5. The molecule has 0 saturated carbocycles. The van der Waals surface area contributed by atoms with E-state index in [0.29, 0.717) is 29.8 Å². The Hall–Kier alpha value is -5.71. The number of benzene rings is 2. The van der Waals surface area contributed by atoms with Crippen molar-refractivity contribution in [3.8, 4) is 5.75 Å². The van der Waals surface area contributed by atoms with Crippen LogP contribution in [0.15, 0.2) is 64.6 Å². The number of carbonyl (C=O) groups excluding carboxylic acids is 4. The molecule has 3 amide bonds. The van der Waals surface area contributed by atoms with E-state index in [4.69, 9.17) is 38.8 Å². The van der Waals surface area contributed by atoms with Gasteiger partial charge in [0.15, 0.2) is 11.9 Å². The largest absolute Gasteiger partial charge is 0.426 e. The van der Waals surface area contributed by atoms with Gasteiger partial charge in [0.05, 0.1) is 12.6 Å². The van der Waals surface area contributed by atoms with Crippen LogP contribution in [0.1, 0.15) is 45.1 Å². The maximum Gasteiger partial charge on any atom is 0.325 e. The van der Waals surface area contributed by atoms with Gasteiger partial charge in [-0.05, 0) is 68.0 Å². The van der Waals surface area contributed by atoms with Gasteiger partial charge in [-0.1, -0.05) is 32.0 Å². The van der Waals surface area contributed by atoms with Crippen molar-refractivity contribution in [3.63, 3.8) is 0 Å². The normalized spacial score (nSPS) is 12.5. The molecular formula is C32H48N12O5. The Kier molecular flexibility index (Phi) is 16.5. The topological polar surface area (TPSA) is 304 Å². The van der Waals surface area contributed by atoms with Gasteiger partial charge < -0.3 is 49.4 Å². The average Bonchev–Trinajstić information content (AvgIpc) is 3.04. The zero-order valence-electron chi connectivity index (χ0n) is 27.8. The summed E-state index contributed by atoms with van der Waals surface area (Å²) in [7, 11) is 0. The van der Waals surface area contributed by atoms with Crippen LogP contribution in [-0.2, 0) is 19.2 Å².